The normalized spacial score (nSPS) is 10.6. The number of hydrogen-bond acceptors (Lipinski definition) is 5. The molecule has 0 radical (unpaired) electrons. The first-order valence-corrected chi connectivity index (χ1v) is 7.68. The van der Waals surface area contributed by atoms with Crippen LogP contribution in [0.1, 0.15) is 15.2 Å². The van der Waals surface area contributed by atoms with Gasteiger partial charge in [0.1, 0.15) is 0 Å². The fraction of sp³-hybridized carbons (Fsp3) is 0.0714. The van der Waals surface area contributed by atoms with Crippen molar-refractivity contribution >= 4 is 38.9 Å². The van der Waals surface area contributed by atoms with E-state index in [1.807, 2.05) is 25.1 Å². The average Bonchev–Trinajstić information content (AvgIpc) is 3.11. The second kappa shape index (κ2) is 5.79. The van der Waals surface area contributed by atoms with Crippen molar-refractivity contribution in [3.05, 3.63) is 51.0 Å². The van der Waals surface area contributed by atoms with Gasteiger partial charge in [0.25, 0.3) is 5.91 Å². The first kappa shape index (κ1) is 14.0. The molecular weight excluding hydrogens is 354 g/mol. The van der Waals surface area contributed by atoms with E-state index in [0.29, 0.717) is 16.5 Å². The number of aromatic nitrogens is 2. The lowest BCUT2D eigenvalue weighted by Crippen LogP contribution is -2.09. The molecule has 0 saturated carbocycles. The van der Waals surface area contributed by atoms with Crippen LogP contribution in [0.15, 0.2) is 44.9 Å². The highest BCUT2D eigenvalue weighted by atomic mass is 79.9. The SMILES string of the molecule is Cc1cc(C(=O)Nc2ccc(-c3nnco3)cc2)sc1Br. The van der Waals surface area contributed by atoms with E-state index in [2.05, 4.69) is 31.4 Å². The molecule has 1 aromatic carbocycles. The molecule has 7 heteroatoms. The van der Waals surface area contributed by atoms with Crippen molar-refractivity contribution in [2.75, 3.05) is 5.32 Å². The van der Waals surface area contributed by atoms with Crippen molar-refractivity contribution in [3.8, 4) is 11.5 Å². The first-order valence-electron chi connectivity index (χ1n) is 6.07. The van der Waals surface area contributed by atoms with Gasteiger partial charge in [-0.15, -0.1) is 21.5 Å². The zero-order valence-corrected chi connectivity index (χ0v) is 13.4. The molecule has 106 valence electrons. The molecule has 3 rings (SSSR count). The third kappa shape index (κ3) is 3.03. The number of carbonyl (C=O) groups is 1. The Kier molecular flexibility index (Phi) is 3.85. The Morgan fingerprint density at radius 3 is 2.67 bits per heavy atom. The van der Waals surface area contributed by atoms with Crippen LogP contribution < -0.4 is 5.32 Å². The largest absolute Gasteiger partial charge is 0.423 e. The minimum atomic E-state index is -0.126. The van der Waals surface area contributed by atoms with E-state index in [4.69, 9.17) is 4.42 Å². The third-order valence-electron chi connectivity index (χ3n) is 2.83. The van der Waals surface area contributed by atoms with Crippen molar-refractivity contribution in [1.82, 2.24) is 10.2 Å². The summed E-state index contributed by atoms with van der Waals surface area (Å²) in [6.45, 7) is 1.95. The molecule has 0 aliphatic heterocycles. The van der Waals surface area contributed by atoms with Crippen LogP contribution in [0.4, 0.5) is 5.69 Å². The molecule has 0 bridgehead atoms. The van der Waals surface area contributed by atoms with Crippen LogP contribution in [0.5, 0.6) is 0 Å². The molecule has 1 amide bonds. The average molecular weight is 364 g/mol. The van der Waals surface area contributed by atoms with Gasteiger partial charge in [0.2, 0.25) is 12.3 Å². The summed E-state index contributed by atoms with van der Waals surface area (Å²) in [5.41, 5.74) is 2.57. The fourth-order valence-electron chi connectivity index (χ4n) is 1.76. The predicted molar refractivity (Wildman–Crippen MR) is 84.4 cm³/mol. The van der Waals surface area contributed by atoms with Gasteiger partial charge in [0.15, 0.2) is 0 Å². The Morgan fingerprint density at radius 2 is 2.10 bits per heavy atom. The maximum Gasteiger partial charge on any atom is 0.265 e. The molecule has 0 spiro atoms. The van der Waals surface area contributed by atoms with Gasteiger partial charge in [-0.1, -0.05) is 0 Å². The van der Waals surface area contributed by atoms with E-state index in [1.165, 1.54) is 17.7 Å². The van der Waals surface area contributed by atoms with Crippen molar-refractivity contribution in [2.45, 2.75) is 6.92 Å². The summed E-state index contributed by atoms with van der Waals surface area (Å²) in [5.74, 6) is 0.324. The van der Waals surface area contributed by atoms with Crippen LogP contribution >= 0.6 is 27.3 Å². The molecule has 0 atom stereocenters. The molecule has 2 aromatic heterocycles. The van der Waals surface area contributed by atoms with Crippen LogP contribution in [-0.4, -0.2) is 16.1 Å². The van der Waals surface area contributed by atoms with Gasteiger partial charge in [0, 0.05) is 11.3 Å². The first-order chi connectivity index (χ1) is 10.1. The minimum absolute atomic E-state index is 0.126. The lowest BCUT2D eigenvalue weighted by molar-refractivity contribution is 0.103. The zero-order chi connectivity index (χ0) is 14.8. The van der Waals surface area contributed by atoms with E-state index < -0.39 is 0 Å². The summed E-state index contributed by atoms with van der Waals surface area (Å²) in [4.78, 5) is 12.8. The van der Waals surface area contributed by atoms with Crippen molar-refractivity contribution in [3.63, 3.8) is 0 Å². The number of amides is 1. The fourth-order valence-corrected chi connectivity index (χ4v) is 3.19. The minimum Gasteiger partial charge on any atom is -0.423 e. The van der Waals surface area contributed by atoms with Gasteiger partial charge in [0.05, 0.1) is 8.66 Å². The molecule has 3 aromatic rings. The van der Waals surface area contributed by atoms with Gasteiger partial charge in [-0.2, -0.15) is 0 Å². The second-order valence-corrected chi connectivity index (χ2v) is 6.71. The number of benzene rings is 1. The Labute approximate surface area is 133 Å². The van der Waals surface area contributed by atoms with E-state index in [-0.39, 0.29) is 5.91 Å². The molecule has 21 heavy (non-hydrogen) atoms. The van der Waals surface area contributed by atoms with Gasteiger partial charge in [-0.05, 0) is 58.7 Å². The van der Waals surface area contributed by atoms with Gasteiger partial charge >= 0.3 is 0 Å². The summed E-state index contributed by atoms with van der Waals surface area (Å²) >= 11 is 4.83. The smallest absolute Gasteiger partial charge is 0.265 e. The summed E-state index contributed by atoms with van der Waals surface area (Å²) in [7, 11) is 0. The molecule has 0 aliphatic carbocycles. The van der Waals surface area contributed by atoms with Crippen molar-refractivity contribution < 1.29 is 9.21 Å². The molecule has 0 saturated heterocycles. The predicted octanol–water partition coefficient (Wildman–Crippen LogP) is 4.12. The summed E-state index contributed by atoms with van der Waals surface area (Å²) in [6, 6.07) is 9.09. The number of halogens is 1. The lowest BCUT2D eigenvalue weighted by Gasteiger charge is -2.03. The maximum atomic E-state index is 12.1. The zero-order valence-electron chi connectivity index (χ0n) is 11.0. The van der Waals surface area contributed by atoms with Gasteiger partial charge < -0.3 is 9.73 Å². The van der Waals surface area contributed by atoms with Crippen LogP contribution in [0.2, 0.25) is 0 Å². The monoisotopic (exact) mass is 363 g/mol. The van der Waals surface area contributed by atoms with Crippen LogP contribution in [0.3, 0.4) is 0 Å². The summed E-state index contributed by atoms with van der Waals surface area (Å²) < 4.78 is 6.08. The number of carbonyl (C=O) groups excluding carboxylic acids is 1. The number of nitrogens with one attached hydrogen (secondary N) is 1. The molecule has 0 aliphatic rings. The quantitative estimate of drug-likeness (QED) is 0.759. The molecule has 0 unspecified atom stereocenters. The van der Waals surface area contributed by atoms with E-state index >= 15 is 0 Å². The van der Waals surface area contributed by atoms with E-state index in [9.17, 15) is 4.79 Å². The molecular formula is C14H10BrN3O2S. The van der Waals surface area contributed by atoms with E-state index in [0.717, 1.165) is 14.9 Å². The van der Waals surface area contributed by atoms with Crippen molar-refractivity contribution in [2.24, 2.45) is 0 Å². The third-order valence-corrected chi connectivity index (χ3v) is 4.97. The Balaban J connectivity index is 1.74. The standard InChI is InChI=1S/C14H10BrN3O2S/c1-8-6-11(21-12(8)15)13(19)17-10-4-2-9(3-5-10)14-18-16-7-20-14/h2-7H,1H3,(H,17,19). The number of nitrogens with zero attached hydrogens (tertiary/aromatic N) is 2. The molecule has 1 N–H and O–H groups in total. The highest BCUT2D eigenvalue weighted by molar-refractivity contribution is 9.11. The highest BCUT2D eigenvalue weighted by Gasteiger charge is 2.11. The van der Waals surface area contributed by atoms with Crippen LogP contribution in [0, 0.1) is 6.92 Å². The maximum absolute atomic E-state index is 12.1. The van der Waals surface area contributed by atoms with Crippen LogP contribution in [0.25, 0.3) is 11.5 Å². The molecule has 0 fully saturated rings. The Bertz CT molecular complexity index is 747. The number of hydrogen-bond donors (Lipinski definition) is 1. The topological polar surface area (TPSA) is 68.0 Å². The Morgan fingerprint density at radius 1 is 1.33 bits per heavy atom. The summed E-state index contributed by atoms with van der Waals surface area (Å²) in [6.07, 6.45) is 1.28. The lowest BCUT2D eigenvalue weighted by atomic mass is 10.2. The number of rotatable bonds is 3. The van der Waals surface area contributed by atoms with Gasteiger partial charge in [-0.3, -0.25) is 4.79 Å². The van der Waals surface area contributed by atoms with Crippen LogP contribution in [-0.2, 0) is 0 Å². The Hall–Kier alpha value is -1.99. The summed E-state index contributed by atoms with van der Waals surface area (Å²) in [5, 5.41) is 10.3. The van der Waals surface area contributed by atoms with Crippen molar-refractivity contribution in [1.29, 1.82) is 0 Å². The second-order valence-electron chi connectivity index (χ2n) is 4.34. The number of thiophene rings is 1. The molecule has 5 nitrogen and oxygen atoms in total. The van der Waals surface area contributed by atoms with E-state index in [1.54, 1.807) is 12.1 Å². The molecule has 2 heterocycles. The number of anilines is 1. The van der Waals surface area contributed by atoms with Gasteiger partial charge in [-0.25, -0.2) is 0 Å². The highest BCUT2D eigenvalue weighted by Crippen LogP contribution is 2.28. The number of aryl methyl sites for hydroxylation is 1.